The van der Waals surface area contributed by atoms with Crippen molar-refractivity contribution in [2.24, 2.45) is 5.92 Å². The third-order valence-corrected chi connectivity index (χ3v) is 6.95. The molecule has 0 N–H and O–H groups in total. The Labute approximate surface area is 189 Å². The summed E-state index contributed by atoms with van der Waals surface area (Å²) in [6, 6.07) is 16.8. The van der Waals surface area contributed by atoms with Gasteiger partial charge in [-0.25, -0.2) is 4.79 Å². The molecule has 168 valence electrons. The largest absolute Gasteiger partial charge is 0.379 e. The predicted molar refractivity (Wildman–Crippen MR) is 123 cm³/mol. The van der Waals surface area contributed by atoms with Crippen molar-refractivity contribution in [2.75, 3.05) is 39.4 Å². The molecular formula is C26H31N3O3. The van der Waals surface area contributed by atoms with E-state index in [-0.39, 0.29) is 18.5 Å². The van der Waals surface area contributed by atoms with Gasteiger partial charge in [-0.15, -0.1) is 0 Å². The van der Waals surface area contributed by atoms with Crippen molar-refractivity contribution < 1.29 is 14.3 Å². The number of urea groups is 1. The fraction of sp³-hybridized carbons (Fsp3) is 0.462. The summed E-state index contributed by atoms with van der Waals surface area (Å²) < 4.78 is 5.47. The van der Waals surface area contributed by atoms with Crippen molar-refractivity contribution in [1.29, 1.82) is 0 Å². The lowest BCUT2D eigenvalue weighted by atomic mass is 9.85. The molecule has 2 aliphatic heterocycles. The highest BCUT2D eigenvalue weighted by Crippen LogP contribution is 2.29. The molecule has 3 fully saturated rings. The van der Waals surface area contributed by atoms with E-state index in [0.29, 0.717) is 19.0 Å². The summed E-state index contributed by atoms with van der Waals surface area (Å²) in [6.45, 7) is 5.70. The predicted octanol–water partition coefficient (Wildman–Crippen LogP) is 3.75. The van der Waals surface area contributed by atoms with Crippen LogP contribution < -0.4 is 0 Å². The zero-order valence-corrected chi connectivity index (χ0v) is 18.5. The minimum absolute atomic E-state index is 0.0597. The van der Waals surface area contributed by atoms with Crippen molar-refractivity contribution >= 4 is 11.9 Å². The number of rotatable bonds is 7. The molecule has 6 heteroatoms. The maximum Gasteiger partial charge on any atom is 0.327 e. The van der Waals surface area contributed by atoms with Gasteiger partial charge in [0.1, 0.15) is 6.54 Å². The number of hydrogen-bond acceptors (Lipinski definition) is 4. The number of morpholine rings is 1. The zero-order valence-electron chi connectivity index (χ0n) is 18.5. The summed E-state index contributed by atoms with van der Waals surface area (Å²) in [5.74, 6) is 0.440. The molecule has 2 aromatic rings. The molecule has 0 radical (unpaired) electrons. The van der Waals surface area contributed by atoms with Crippen molar-refractivity contribution in [3.63, 3.8) is 0 Å². The fourth-order valence-corrected chi connectivity index (χ4v) is 4.78. The monoisotopic (exact) mass is 433 g/mol. The molecule has 2 heterocycles. The molecule has 3 aliphatic rings. The zero-order chi connectivity index (χ0) is 21.9. The van der Waals surface area contributed by atoms with Crippen molar-refractivity contribution in [3.8, 4) is 11.1 Å². The summed E-state index contributed by atoms with van der Waals surface area (Å²) in [5, 5.41) is 0. The third kappa shape index (κ3) is 4.57. The molecule has 1 saturated carbocycles. The van der Waals surface area contributed by atoms with Crippen LogP contribution in [0.25, 0.3) is 11.1 Å². The summed E-state index contributed by atoms with van der Waals surface area (Å²) >= 11 is 0. The molecule has 32 heavy (non-hydrogen) atoms. The molecule has 1 aliphatic carbocycles. The molecule has 0 atom stereocenters. The van der Waals surface area contributed by atoms with Gasteiger partial charge in [-0.2, -0.15) is 0 Å². The minimum Gasteiger partial charge on any atom is -0.379 e. The number of amides is 3. The lowest BCUT2D eigenvalue weighted by Crippen LogP contribution is -2.38. The lowest BCUT2D eigenvalue weighted by molar-refractivity contribution is -0.126. The van der Waals surface area contributed by atoms with Crippen LogP contribution in [-0.2, 0) is 22.6 Å². The Morgan fingerprint density at radius 2 is 1.66 bits per heavy atom. The maximum atomic E-state index is 12.7. The standard InChI is InChI=1S/C26H31N3O3/c30-25-19-28(26(31)29(25)17-20-4-3-5-20)16-21-8-10-22(11-9-21)24-7-2-1-6-23(24)18-27-12-14-32-15-13-27/h1-2,6-11,20H,3-5,12-19H2. The van der Waals surface area contributed by atoms with E-state index >= 15 is 0 Å². The Balaban J connectivity index is 1.25. The molecule has 2 saturated heterocycles. The first-order chi connectivity index (χ1) is 15.7. The van der Waals surface area contributed by atoms with Crippen LogP contribution in [0, 0.1) is 5.92 Å². The first kappa shape index (κ1) is 21.2. The van der Waals surface area contributed by atoms with Gasteiger partial charge in [0.05, 0.1) is 13.2 Å². The highest BCUT2D eigenvalue weighted by atomic mass is 16.5. The number of carbonyl (C=O) groups is 2. The molecule has 0 unspecified atom stereocenters. The first-order valence-corrected chi connectivity index (χ1v) is 11.7. The molecule has 3 amide bonds. The Morgan fingerprint density at radius 3 is 2.38 bits per heavy atom. The fourth-order valence-electron chi connectivity index (χ4n) is 4.78. The molecular weight excluding hydrogens is 402 g/mol. The SMILES string of the molecule is O=C1CN(Cc2ccc(-c3ccccc3CN3CCOCC3)cc2)C(=O)N1CC1CCC1. The highest BCUT2D eigenvalue weighted by molar-refractivity contribution is 6.02. The number of imide groups is 1. The molecule has 5 rings (SSSR count). The second-order valence-corrected chi connectivity index (χ2v) is 9.18. The van der Waals surface area contributed by atoms with E-state index in [0.717, 1.165) is 51.3 Å². The topological polar surface area (TPSA) is 53.1 Å². The quantitative estimate of drug-likeness (QED) is 0.624. The molecule has 0 spiro atoms. The van der Waals surface area contributed by atoms with Gasteiger partial charge in [-0.1, -0.05) is 55.0 Å². The number of benzene rings is 2. The van der Waals surface area contributed by atoms with Gasteiger partial charge in [0.25, 0.3) is 0 Å². The van der Waals surface area contributed by atoms with E-state index in [4.69, 9.17) is 4.74 Å². The van der Waals surface area contributed by atoms with Gasteiger partial charge in [-0.3, -0.25) is 14.6 Å². The molecule has 2 aromatic carbocycles. The normalized spacial score (nSPS) is 20.1. The van der Waals surface area contributed by atoms with Gasteiger partial charge in [0.2, 0.25) is 5.91 Å². The van der Waals surface area contributed by atoms with Gasteiger partial charge in [-0.05, 0) is 41.0 Å². The Bertz CT molecular complexity index is 965. The number of ether oxygens (including phenoxy) is 1. The number of nitrogens with zero attached hydrogens (tertiary/aromatic N) is 3. The van der Waals surface area contributed by atoms with E-state index in [9.17, 15) is 9.59 Å². The molecule has 0 aromatic heterocycles. The Morgan fingerprint density at radius 1 is 0.906 bits per heavy atom. The van der Waals surface area contributed by atoms with Crippen LogP contribution in [0.15, 0.2) is 48.5 Å². The third-order valence-electron chi connectivity index (χ3n) is 6.95. The van der Waals surface area contributed by atoms with Crippen LogP contribution in [0.1, 0.15) is 30.4 Å². The Hall–Kier alpha value is -2.70. The van der Waals surface area contributed by atoms with E-state index in [1.165, 1.54) is 28.0 Å². The smallest absolute Gasteiger partial charge is 0.327 e. The van der Waals surface area contributed by atoms with Crippen LogP contribution in [0.2, 0.25) is 0 Å². The maximum absolute atomic E-state index is 12.7. The van der Waals surface area contributed by atoms with Crippen molar-refractivity contribution in [2.45, 2.75) is 32.4 Å². The average Bonchev–Trinajstić information content (AvgIpc) is 3.05. The van der Waals surface area contributed by atoms with Gasteiger partial charge < -0.3 is 9.64 Å². The van der Waals surface area contributed by atoms with Gasteiger partial charge in [0.15, 0.2) is 0 Å². The number of hydrogen-bond donors (Lipinski definition) is 0. The summed E-state index contributed by atoms with van der Waals surface area (Å²) in [7, 11) is 0. The second kappa shape index (κ2) is 9.43. The van der Waals surface area contributed by atoms with Crippen molar-refractivity contribution in [3.05, 3.63) is 59.7 Å². The minimum atomic E-state index is -0.137. The average molecular weight is 434 g/mol. The second-order valence-electron chi connectivity index (χ2n) is 9.18. The van der Waals surface area contributed by atoms with E-state index < -0.39 is 0 Å². The van der Waals surface area contributed by atoms with Crippen LogP contribution in [0.4, 0.5) is 4.79 Å². The first-order valence-electron chi connectivity index (χ1n) is 11.7. The van der Waals surface area contributed by atoms with Crippen molar-refractivity contribution in [1.82, 2.24) is 14.7 Å². The summed E-state index contributed by atoms with van der Waals surface area (Å²) in [4.78, 5) is 30.6. The van der Waals surface area contributed by atoms with Crippen LogP contribution in [0.5, 0.6) is 0 Å². The molecule has 6 nitrogen and oxygen atoms in total. The van der Waals surface area contributed by atoms with E-state index in [1.54, 1.807) is 4.90 Å². The Kier molecular flexibility index (Phi) is 6.23. The van der Waals surface area contributed by atoms with Gasteiger partial charge >= 0.3 is 6.03 Å². The summed E-state index contributed by atoms with van der Waals surface area (Å²) in [6.07, 6.45) is 3.48. The van der Waals surface area contributed by atoms with Crippen LogP contribution >= 0.6 is 0 Å². The van der Waals surface area contributed by atoms with E-state index in [1.807, 2.05) is 0 Å². The van der Waals surface area contributed by atoms with Gasteiger partial charge in [0, 0.05) is 32.7 Å². The molecule has 0 bridgehead atoms. The van der Waals surface area contributed by atoms with Crippen LogP contribution in [-0.4, -0.2) is 66.0 Å². The summed E-state index contributed by atoms with van der Waals surface area (Å²) in [5.41, 5.74) is 4.78. The van der Waals surface area contributed by atoms with E-state index in [2.05, 4.69) is 53.4 Å². The highest BCUT2D eigenvalue weighted by Gasteiger charge is 2.37. The van der Waals surface area contributed by atoms with Crippen LogP contribution in [0.3, 0.4) is 0 Å². The number of carbonyl (C=O) groups excluding carboxylic acids is 2. The lowest BCUT2D eigenvalue weighted by Gasteiger charge is -2.28.